The Morgan fingerprint density at radius 1 is 1.35 bits per heavy atom. The van der Waals surface area contributed by atoms with Crippen LogP contribution in [0.3, 0.4) is 0 Å². The summed E-state index contributed by atoms with van der Waals surface area (Å²) in [6.07, 6.45) is 4.33. The first-order valence-corrected chi connectivity index (χ1v) is 7.47. The van der Waals surface area contributed by atoms with Gasteiger partial charge in [0.2, 0.25) is 0 Å². The first kappa shape index (κ1) is 13.6. The number of amides is 1. The topological polar surface area (TPSA) is 32.3 Å². The van der Waals surface area contributed by atoms with E-state index in [9.17, 15) is 9.18 Å². The van der Waals surface area contributed by atoms with Crippen LogP contribution in [-0.2, 0) is 0 Å². The van der Waals surface area contributed by atoms with Crippen LogP contribution in [0.2, 0.25) is 0 Å². The number of benzene rings is 1. The lowest BCUT2D eigenvalue weighted by Gasteiger charge is -2.29. The summed E-state index contributed by atoms with van der Waals surface area (Å²) in [4.78, 5) is 14.5. The quantitative estimate of drug-likeness (QED) is 0.900. The molecule has 0 spiro atoms. The van der Waals surface area contributed by atoms with Crippen molar-refractivity contribution in [2.45, 2.75) is 44.7 Å². The summed E-state index contributed by atoms with van der Waals surface area (Å²) >= 11 is 0. The number of nitrogens with zero attached hydrogens (tertiary/aromatic N) is 1. The van der Waals surface area contributed by atoms with Crippen LogP contribution in [0, 0.1) is 12.7 Å². The van der Waals surface area contributed by atoms with Crippen LogP contribution < -0.4 is 5.32 Å². The van der Waals surface area contributed by atoms with E-state index in [4.69, 9.17) is 0 Å². The third-order valence-electron chi connectivity index (χ3n) is 4.48. The van der Waals surface area contributed by atoms with Gasteiger partial charge in [0, 0.05) is 18.6 Å². The molecule has 0 aliphatic carbocycles. The molecular formula is C16H21FN2O. The Morgan fingerprint density at radius 2 is 2.20 bits per heavy atom. The predicted molar refractivity (Wildman–Crippen MR) is 76.2 cm³/mol. The van der Waals surface area contributed by atoms with Crippen LogP contribution in [0.1, 0.15) is 41.6 Å². The second-order valence-electron chi connectivity index (χ2n) is 5.89. The number of halogens is 1. The highest BCUT2D eigenvalue weighted by Gasteiger charge is 2.36. The Bertz CT molecular complexity index is 511. The summed E-state index contributed by atoms with van der Waals surface area (Å²) < 4.78 is 13.9. The molecular weight excluding hydrogens is 255 g/mol. The lowest BCUT2D eigenvalue weighted by atomic mass is 10.0. The molecule has 3 rings (SSSR count). The van der Waals surface area contributed by atoms with Gasteiger partial charge in [0.1, 0.15) is 5.82 Å². The van der Waals surface area contributed by atoms with E-state index in [1.54, 1.807) is 12.1 Å². The smallest absolute Gasteiger partial charge is 0.257 e. The maximum atomic E-state index is 13.9. The molecule has 0 saturated carbocycles. The van der Waals surface area contributed by atoms with Crippen molar-refractivity contribution in [2.24, 2.45) is 0 Å². The number of hydrogen-bond donors (Lipinski definition) is 1. The van der Waals surface area contributed by atoms with Crippen molar-refractivity contribution in [2.75, 3.05) is 13.1 Å². The van der Waals surface area contributed by atoms with Crippen molar-refractivity contribution in [1.82, 2.24) is 10.2 Å². The van der Waals surface area contributed by atoms with Gasteiger partial charge in [0.05, 0.1) is 5.56 Å². The predicted octanol–water partition coefficient (Wildman–Crippen LogP) is 2.49. The molecule has 0 bridgehead atoms. The Labute approximate surface area is 119 Å². The van der Waals surface area contributed by atoms with Crippen LogP contribution in [0.25, 0.3) is 0 Å². The summed E-state index contributed by atoms with van der Waals surface area (Å²) in [5.74, 6) is -0.562. The molecule has 0 aromatic heterocycles. The molecule has 108 valence electrons. The van der Waals surface area contributed by atoms with Gasteiger partial charge in [-0.05, 0) is 51.3 Å². The largest absolute Gasteiger partial charge is 0.334 e. The lowest BCUT2D eigenvalue weighted by Crippen LogP contribution is -2.46. The molecule has 3 nitrogen and oxygen atoms in total. The van der Waals surface area contributed by atoms with Crippen molar-refractivity contribution in [3.8, 4) is 0 Å². The minimum Gasteiger partial charge on any atom is -0.334 e. The monoisotopic (exact) mass is 276 g/mol. The zero-order valence-corrected chi connectivity index (χ0v) is 11.9. The van der Waals surface area contributed by atoms with E-state index in [1.807, 2.05) is 11.8 Å². The van der Waals surface area contributed by atoms with Gasteiger partial charge in [0.15, 0.2) is 0 Å². The summed E-state index contributed by atoms with van der Waals surface area (Å²) in [7, 11) is 0. The van der Waals surface area contributed by atoms with E-state index in [2.05, 4.69) is 5.32 Å². The number of likely N-dealkylation sites (tertiary alicyclic amines) is 1. The molecule has 1 amide bonds. The standard InChI is InChI=1S/C16H21FN2O/c1-11-6-7-13(17)12(10-11)16(20)19-9-3-5-15(19)14-4-2-8-18-14/h6-7,10,14-15,18H,2-5,8-9H2,1H3. The number of carbonyl (C=O) groups excluding carboxylic acids is 1. The van der Waals surface area contributed by atoms with Crippen molar-refractivity contribution in [1.29, 1.82) is 0 Å². The Kier molecular flexibility index (Phi) is 3.74. The molecule has 2 aliphatic rings. The molecule has 1 aromatic rings. The number of nitrogens with one attached hydrogen (secondary N) is 1. The zero-order chi connectivity index (χ0) is 14.1. The molecule has 0 radical (unpaired) electrons. The highest BCUT2D eigenvalue weighted by molar-refractivity contribution is 5.95. The van der Waals surface area contributed by atoms with Crippen LogP contribution in [0.4, 0.5) is 4.39 Å². The number of aryl methyl sites for hydroxylation is 1. The minimum absolute atomic E-state index is 0.151. The molecule has 2 atom stereocenters. The van der Waals surface area contributed by atoms with Crippen molar-refractivity contribution in [3.63, 3.8) is 0 Å². The second-order valence-corrected chi connectivity index (χ2v) is 5.89. The van der Waals surface area contributed by atoms with Crippen molar-refractivity contribution >= 4 is 5.91 Å². The van der Waals surface area contributed by atoms with Crippen LogP contribution in [0.15, 0.2) is 18.2 Å². The average molecular weight is 276 g/mol. The fourth-order valence-corrected chi connectivity index (χ4v) is 3.46. The van der Waals surface area contributed by atoms with Crippen molar-refractivity contribution < 1.29 is 9.18 Å². The van der Waals surface area contributed by atoms with Gasteiger partial charge in [-0.15, -0.1) is 0 Å². The molecule has 2 unspecified atom stereocenters. The molecule has 1 aromatic carbocycles. The van der Waals surface area contributed by atoms with Crippen molar-refractivity contribution in [3.05, 3.63) is 35.1 Å². The van der Waals surface area contributed by atoms with Gasteiger partial charge in [-0.1, -0.05) is 11.6 Å². The van der Waals surface area contributed by atoms with E-state index in [0.717, 1.165) is 37.9 Å². The fourth-order valence-electron chi connectivity index (χ4n) is 3.46. The lowest BCUT2D eigenvalue weighted by molar-refractivity contribution is 0.0706. The molecule has 2 saturated heterocycles. The van der Waals surface area contributed by atoms with Gasteiger partial charge in [-0.25, -0.2) is 4.39 Å². The van der Waals surface area contributed by atoms with Gasteiger partial charge in [-0.3, -0.25) is 4.79 Å². The van der Waals surface area contributed by atoms with Gasteiger partial charge in [0.25, 0.3) is 5.91 Å². The highest BCUT2D eigenvalue weighted by atomic mass is 19.1. The molecule has 20 heavy (non-hydrogen) atoms. The first-order chi connectivity index (χ1) is 9.66. The molecule has 2 fully saturated rings. The zero-order valence-electron chi connectivity index (χ0n) is 11.9. The third-order valence-corrected chi connectivity index (χ3v) is 4.48. The molecule has 1 N–H and O–H groups in total. The number of hydrogen-bond acceptors (Lipinski definition) is 2. The Hall–Kier alpha value is -1.42. The normalized spacial score (nSPS) is 26.2. The summed E-state index contributed by atoms with van der Waals surface area (Å²) in [6, 6.07) is 5.36. The van der Waals surface area contributed by atoms with Gasteiger partial charge in [-0.2, -0.15) is 0 Å². The highest BCUT2D eigenvalue weighted by Crippen LogP contribution is 2.27. The maximum absolute atomic E-state index is 13.9. The second kappa shape index (κ2) is 5.52. The van der Waals surface area contributed by atoms with Gasteiger partial charge < -0.3 is 10.2 Å². The number of rotatable bonds is 2. The Balaban J connectivity index is 1.83. The molecule has 2 heterocycles. The molecule has 2 aliphatic heterocycles. The average Bonchev–Trinajstić information content (AvgIpc) is 3.10. The Morgan fingerprint density at radius 3 is 2.95 bits per heavy atom. The molecule has 4 heteroatoms. The van der Waals surface area contributed by atoms with E-state index in [1.165, 1.54) is 12.5 Å². The third kappa shape index (κ3) is 2.44. The summed E-state index contributed by atoms with van der Waals surface area (Å²) in [6.45, 7) is 3.66. The van der Waals surface area contributed by atoms with Gasteiger partial charge >= 0.3 is 0 Å². The van der Waals surface area contributed by atoms with E-state index >= 15 is 0 Å². The van der Waals surface area contributed by atoms with Crippen LogP contribution >= 0.6 is 0 Å². The fraction of sp³-hybridized carbons (Fsp3) is 0.562. The summed E-state index contributed by atoms with van der Waals surface area (Å²) in [5.41, 5.74) is 1.14. The summed E-state index contributed by atoms with van der Waals surface area (Å²) in [5, 5.41) is 3.47. The van der Waals surface area contributed by atoms with E-state index < -0.39 is 5.82 Å². The SMILES string of the molecule is Cc1ccc(F)c(C(=O)N2CCCC2C2CCCN2)c1. The van der Waals surface area contributed by atoms with E-state index in [0.29, 0.717) is 6.04 Å². The first-order valence-electron chi connectivity index (χ1n) is 7.47. The van der Waals surface area contributed by atoms with Crippen LogP contribution in [-0.4, -0.2) is 36.0 Å². The minimum atomic E-state index is -0.411. The maximum Gasteiger partial charge on any atom is 0.257 e. The number of carbonyl (C=O) groups is 1. The van der Waals surface area contributed by atoms with Crippen LogP contribution in [0.5, 0.6) is 0 Å². The van der Waals surface area contributed by atoms with E-state index in [-0.39, 0.29) is 17.5 Å².